The van der Waals surface area contributed by atoms with Crippen molar-refractivity contribution in [1.29, 1.82) is 5.26 Å². The van der Waals surface area contributed by atoms with Crippen LogP contribution in [0.15, 0.2) is 30.9 Å². The van der Waals surface area contributed by atoms with Gasteiger partial charge in [-0.25, -0.2) is 14.8 Å². The minimum Gasteiger partial charge on any atom is -0.485 e. The Morgan fingerprint density at radius 3 is 2.76 bits per heavy atom. The van der Waals surface area contributed by atoms with Crippen molar-refractivity contribution >= 4 is 17.6 Å². The maximum atomic E-state index is 12.3. The zero-order chi connectivity index (χ0) is 24.0. The maximum absolute atomic E-state index is 12.3. The van der Waals surface area contributed by atoms with E-state index in [1.807, 2.05) is 46.1 Å². The van der Waals surface area contributed by atoms with Gasteiger partial charge in [-0.2, -0.15) is 10.4 Å². The van der Waals surface area contributed by atoms with Crippen molar-refractivity contribution in [2.24, 2.45) is 7.05 Å². The van der Waals surface area contributed by atoms with Gasteiger partial charge in [-0.05, 0) is 38.5 Å². The topological polar surface area (TPSA) is 118 Å². The Morgan fingerprint density at radius 2 is 2.09 bits per heavy atom. The summed E-state index contributed by atoms with van der Waals surface area (Å²) in [7, 11) is 1.85. The number of nitrogens with zero attached hydrogens (tertiary/aromatic N) is 6. The molecule has 10 heteroatoms. The highest BCUT2D eigenvalue weighted by atomic mass is 16.6. The van der Waals surface area contributed by atoms with Crippen LogP contribution in [0.2, 0.25) is 0 Å². The van der Waals surface area contributed by atoms with Crippen molar-refractivity contribution < 1.29 is 14.3 Å². The van der Waals surface area contributed by atoms with Crippen LogP contribution in [0.4, 0.5) is 16.3 Å². The van der Waals surface area contributed by atoms with E-state index >= 15 is 0 Å². The number of hydrogen-bond acceptors (Lipinski definition) is 8. The largest absolute Gasteiger partial charge is 0.485 e. The number of rotatable bonds is 2. The average Bonchev–Trinajstić information content (AvgIpc) is 3.07. The van der Waals surface area contributed by atoms with Gasteiger partial charge in [0.05, 0.1) is 28.7 Å². The van der Waals surface area contributed by atoms with E-state index in [-0.39, 0.29) is 18.6 Å². The number of hydrogen-bond donors (Lipinski definition) is 1. The van der Waals surface area contributed by atoms with Crippen LogP contribution in [-0.4, -0.2) is 49.4 Å². The summed E-state index contributed by atoms with van der Waals surface area (Å²) in [6.45, 7) is 6.82. The molecule has 3 aromatic rings. The van der Waals surface area contributed by atoms with Crippen molar-refractivity contribution in [2.75, 3.05) is 18.4 Å². The normalized spacial score (nSPS) is 15.1. The Balaban J connectivity index is 1.42. The molecule has 10 nitrogen and oxygen atoms in total. The predicted octanol–water partition coefficient (Wildman–Crippen LogP) is 3.72. The van der Waals surface area contributed by atoms with Crippen LogP contribution in [0.1, 0.15) is 43.4 Å². The van der Waals surface area contributed by atoms with Gasteiger partial charge in [-0.1, -0.05) is 0 Å². The summed E-state index contributed by atoms with van der Waals surface area (Å²) >= 11 is 0. The molecule has 34 heavy (non-hydrogen) atoms. The van der Waals surface area contributed by atoms with Gasteiger partial charge in [0, 0.05) is 37.8 Å². The van der Waals surface area contributed by atoms with E-state index in [1.165, 1.54) is 6.33 Å². The summed E-state index contributed by atoms with van der Waals surface area (Å²) < 4.78 is 13.2. The first kappa shape index (κ1) is 21.7. The van der Waals surface area contributed by atoms with Crippen LogP contribution < -0.4 is 10.1 Å². The highest BCUT2D eigenvalue weighted by Crippen LogP contribution is 2.41. The van der Waals surface area contributed by atoms with Crippen LogP contribution in [-0.2, 0) is 18.4 Å². The van der Waals surface area contributed by atoms with Crippen molar-refractivity contribution in [3.05, 3.63) is 47.5 Å². The summed E-state index contributed by atoms with van der Waals surface area (Å²) in [4.78, 5) is 22.8. The Hall–Kier alpha value is -4.13. The molecule has 2 aliphatic heterocycles. The molecule has 4 heterocycles. The first-order valence-electron chi connectivity index (χ1n) is 11.0. The lowest BCUT2D eigenvalue weighted by atomic mass is 9.90. The number of nitriles is 1. The molecule has 0 radical (unpaired) electrons. The van der Waals surface area contributed by atoms with E-state index in [1.54, 1.807) is 15.8 Å². The van der Waals surface area contributed by atoms with Gasteiger partial charge in [0.1, 0.15) is 30.4 Å². The highest BCUT2D eigenvalue weighted by Gasteiger charge is 2.35. The smallest absolute Gasteiger partial charge is 0.410 e. The van der Waals surface area contributed by atoms with E-state index in [2.05, 4.69) is 26.5 Å². The zero-order valence-corrected chi connectivity index (χ0v) is 19.5. The molecule has 0 aliphatic carbocycles. The van der Waals surface area contributed by atoms with Gasteiger partial charge in [-0.3, -0.25) is 4.68 Å². The second-order valence-corrected chi connectivity index (χ2v) is 9.50. The lowest BCUT2D eigenvalue weighted by molar-refractivity contribution is 0.00819. The third-order valence-electron chi connectivity index (χ3n) is 5.77. The number of amides is 1. The van der Waals surface area contributed by atoms with E-state index < -0.39 is 5.60 Å². The molecule has 1 amide bonds. The number of benzene rings is 1. The minimum absolute atomic E-state index is 0.103. The van der Waals surface area contributed by atoms with Crippen molar-refractivity contribution in [2.45, 2.75) is 38.9 Å². The van der Waals surface area contributed by atoms with Gasteiger partial charge in [0.25, 0.3) is 0 Å². The third-order valence-corrected chi connectivity index (χ3v) is 5.77. The number of carbonyl (C=O) groups is 1. The second kappa shape index (κ2) is 8.02. The number of ether oxygens (including phenoxy) is 2. The highest BCUT2D eigenvalue weighted by molar-refractivity contribution is 5.77. The standard InChI is InChI=1S/C24H25N7O3/c1-24(2,3)34-23(32)31-10-17(11-31)14-5-15(7-25)21-19(6-14)29-22-18(12-33-21)20(26-13-27-22)16-8-28-30(4)9-16/h5-6,8-9,13,17H,10-12H2,1-4H3,(H,26,27,29). The number of nitrogens with one attached hydrogen (secondary N) is 1. The average molecular weight is 460 g/mol. The van der Waals surface area contributed by atoms with E-state index in [0.717, 1.165) is 22.4 Å². The fraction of sp³-hybridized carbons (Fsp3) is 0.375. The molecule has 1 saturated heterocycles. The number of carbonyl (C=O) groups excluding carboxylic acids is 1. The molecule has 1 aromatic carbocycles. The molecule has 0 saturated carbocycles. The van der Waals surface area contributed by atoms with Crippen molar-refractivity contribution in [3.8, 4) is 23.1 Å². The fourth-order valence-corrected chi connectivity index (χ4v) is 4.10. The minimum atomic E-state index is -0.536. The summed E-state index contributed by atoms with van der Waals surface area (Å²) in [6, 6.07) is 6.05. The van der Waals surface area contributed by atoms with E-state index in [4.69, 9.17) is 9.47 Å². The Bertz CT molecular complexity index is 1310. The number of aromatic nitrogens is 4. The Kier molecular flexibility index (Phi) is 5.12. The lowest BCUT2D eigenvalue weighted by Gasteiger charge is -2.40. The molecular formula is C24H25N7O3. The SMILES string of the molecule is Cn1cc(-c2ncnc3c2COc2c(C#N)cc(C4CN(C(=O)OC(C)(C)C)C4)cc2N3)cn1. The molecule has 174 valence electrons. The molecule has 0 bridgehead atoms. The molecule has 1 fully saturated rings. The molecule has 0 atom stereocenters. The summed E-state index contributed by atoms with van der Waals surface area (Å²) in [5.74, 6) is 1.20. The molecule has 1 N–H and O–H groups in total. The van der Waals surface area contributed by atoms with Gasteiger partial charge in [0.15, 0.2) is 5.75 Å². The number of fused-ring (bicyclic) bond motifs is 2. The monoisotopic (exact) mass is 459 g/mol. The summed E-state index contributed by atoms with van der Waals surface area (Å²) in [5.41, 5.74) is 3.89. The number of anilines is 2. The van der Waals surface area contributed by atoms with Gasteiger partial charge >= 0.3 is 6.09 Å². The number of likely N-dealkylation sites (tertiary alicyclic amines) is 1. The first-order valence-corrected chi connectivity index (χ1v) is 11.0. The van der Waals surface area contributed by atoms with Crippen LogP contribution in [0.25, 0.3) is 11.3 Å². The van der Waals surface area contributed by atoms with E-state index in [9.17, 15) is 10.1 Å². The molecule has 2 aromatic heterocycles. The molecular weight excluding hydrogens is 434 g/mol. The van der Waals surface area contributed by atoms with Gasteiger partial charge in [-0.15, -0.1) is 0 Å². The molecule has 0 spiro atoms. The lowest BCUT2D eigenvalue weighted by Crippen LogP contribution is -2.50. The van der Waals surface area contributed by atoms with Crippen LogP contribution in [0.3, 0.4) is 0 Å². The fourth-order valence-electron chi connectivity index (χ4n) is 4.10. The number of aryl methyl sites for hydroxylation is 1. The first-order chi connectivity index (χ1) is 16.2. The second-order valence-electron chi connectivity index (χ2n) is 9.50. The van der Waals surface area contributed by atoms with Crippen molar-refractivity contribution in [1.82, 2.24) is 24.6 Å². The zero-order valence-electron chi connectivity index (χ0n) is 19.5. The van der Waals surface area contributed by atoms with Crippen molar-refractivity contribution in [3.63, 3.8) is 0 Å². The molecule has 2 aliphatic rings. The molecule has 5 rings (SSSR count). The third kappa shape index (κ3) is 4.01. The predicted molar refractivity (Wildman–Crippen MR) is 124 cm³/mol. The van der Waals surface area contributed by atoms with Gasteiger partial charge < -0.3 is 19.7 Å². The van der Waals surface area contributed by atoms with Crippen LogP contribution >= 0.6 is 0 Å². The summed E-state index contributed by atoms with van der Waals surface area (Å²) in [6.07, 6.45) is 4.80. The van der Waals surface area contributed by atoms with Crippen LogP contribution in [0, 0.1) is 11.3 Å². The Labute approximate surface area is 197 Å². The maximum Gasteiger partial charge on any atom is 0.410 e. The quantitative estimate of drug-likeness (QED) is 0.616. The molecule has 0 unspecified atom stereocenters. The summed E-state index contributed by atoms with van der Waals surface area (Å²) in [5, 5.41) is 17.4. The van der Waals surface area contributed by atoms with Crippen LogP contribution in [0.5, 0.6) is 5.75 Å². The van der Waals surface area contributed by atoms with Gasteiger partial charge in [0.2, 0.25) is 0 Å². The van der Waals surface area contributed by atoms with E-state index in [0.29, 0.717) is 35.9 Å². The Morgan fingerprint density at radius 1 is 1.29 bits per heavy atom.